The Morgan fingerprint density at radius 3 is 0.429 bits per heavy atom. The highest BCUT2D eigenvalue weighted by Gasteiger charge is 0.605. The molecule has 0 fully saturated rings. The molecule has 7 heavy (non-hydrogen) atoms. The largest absolute Gasteiger partial charge is 0.197 e. The van der Waals surface area contributed by atoms with Crippen molar-refractivity contribution in [3.8, 4) is 0 Å². The molecule has 0 radical (unpaired) electrons. The van der Waals surface area contributed by atoms with E-state index in [-0.39, 0.29) is 13.5 Å². The first-order chi connectivity index (χ1) is 3.00. The van der Waals surface area contributed by atoms with Gasteiger partial charge in [-0.3, -0.25) is 0 Å². The Bertz CT molecular complexity index is 8.90. The van der Waals surface area contributed by atoms with Gasteiger partial charge < -0.3 is 0 Å². The Balaban J connectivity index is -0.00000000900. The Morgan fingerprint density at radius 2 is 0.429 bits per heavy atom. The number of rotatable bonds is 0. The van der Waals surface area contributed by atoms with Crippen molar-refractivity contribution in [1.82, 2.24) is 0 Å². The zero-order valence-electron chi connectivity index (χ0n) is 4.74. The van der Waals surface area contributed by atoms with Gasteiger partial charge in [-0.1, -0.05) is 0 Å². The van der Waals surface area contributed by atoms with Gasteiger partial charge in [-0.25, -0.2) is 0 Å². The summed E-state index contributed by atoms with van der Waals surface area (Å²) < 4.78 is 0. The second kappa shape index (κ2) is 629. The predicted octanol–water partition coefficient (Wildman–Crippen LogP) is 2.52. The van der Waals surface area contributed by atoms with Crippen LogP contribution < -0.4 is 0 Å². The van der Waals surface area contributed by atoms with Crippen molar-refractivity contribution in [2.24, 2.45) is 0 Å². The van der Waals surface area contributed by atoms with Crippen LogP contribution >= 0.6 is 13.5 Å². The fourth-order valence-electron chi connectivity index (χ4n) is 0. The third-order valence-corrected chi connectivity index (χ3v) is 0. The maximum Gasteiger partial charge on any atom is -0.106 e. The summed E-state index contributed by atoms with van der Waals surface area (Å²) in [5, 5.41) is 0. The van der Waals surface area contributed by atoms with E-state index in [4.69, 9.17) is 0 Å². The van der Waals surface area contributed by atoms with Crippen molar-refractivity contribution in [3.05, 3.63) is 39.5 Å². The maximum absolute atomic E-state index is 3.00. The molecule has 0 aromatic heterocycles. The van der Waals surface area contributed by atoms with Crippen LogP contribution in [0.2, 0.25) is 0 Å². The van der Waals surface area contributed by atoms with Gasteiger partial charge in [0.25, 0.3) is 0 Å². The monoisotopic (exact) mass is 118 g/mol. The van der Waals surface area contributed by atoms with Crippen LogP contribution in [-0.2, 0) is 0 Å². The molecule has 0 unspecified atom stereocenters. The molecular weight excluding hydrogens is 104 g/mol. The molecule has 0 nitrogen and oxygen atoms in total. The van der Waals surface area contributed by atoms with Gasteiger partial charge in [-0.2, -0.15) is 13.5 Å². The van der Waals surface area contributed by atoms with Crippen LogP contribution in [-0.4, -0.2) is 0 Å². The van der Waals surface area contributed by atoms with E-state index in [1.807, 2.05) is 0 Å². The van der Waals surface area contributed by atoms with E-state index in [2.05, 4.69) is 39.5 Å². The van der Waals surface area contributed by atoms with Gasteiger partial charge in [0.1, 0.15) is 0 Å². The number of hydrogen-bond acceptors (Lipinski definition) is 0. The van der Waals surface area contributed by atoms with E-state index in [1.165, 1.54) is 0 Å². The maximum atomic E-state index is 3.00. The molecular formula is C6H14S. The lowest BCUT2D eigenvalue weighted by molar-refractivity contribution is 2.81. The molecule has 0 aliphatic carbocycles. The highest BCUT2D eigenvalue weighted by Crippen LogP contribution is 0.866. The quantitative estimate of drug-likeness (QED) is 0.429. The van der Waals surface area contributed by atoms with Crippen molar-refractivity contribution in [1.29, 1.82) is 0 Å². The fraction of sp³-hybridized carbons (Fsp3) is 0. The van der Waals surface area contributed by atoms with Crippen molar-refractivity contribution in [2.75, 3.05) is 0 Å². The molecule has 0 N–H and O–H groups in total. The minimum absolute atomic E-state index is 0. The lowest BCUT2D eigenvalue weighted by Gasteiger charge is -0.813. The highest BCUT2D eigenvalue weighted by atomic mass is 32.1. The fourth-order valence-corrected chi connectivity index (χ4v) is 0. The van der Waals surface area contributed by atoms with Gasteiger partial charge >= 0.3 is 0 Å². The molecule has 0 spiro atoms. The van der Waals surface area contributed by atoms with Crippen LogP contribution in [0.25, 0.3) is 0 Å². The van der Waals surface area contributed by atoms with Crippen molar-refractivity contribution in [3.63, 3.8) is 0 Å². The van der Waals surface area contributed by atoms with Gasteiger partial charge in [0, 0.05) is 0 Å². The minimum atomic E-state index is 0. The van der Waals surface area contributed by atoms with Crippen LogP contribution in [0.5, 0.6) is 0 Å². The summed E-state index contributed by atoms with van der Waals surface area (Å²) >= 11 is 0. The van der Waals surface area contributed by atoms with Gasteiger partial charge in [0.2, 0.25) is 0 Å². The first-order valence-corrected chi connectivity index (χ1v) is 1.50. The van der Waals surface area contributed by atoms with E-state index in [0.29, 0.717) is 0 Å². The van der Waals surface area contributed by atoms with Gasteiger partial charge in [0.05, 0.1) is 0 Å². The summed E-state index contributed by atoms with van der Waals surface area (Å²) in [6, 6.07) is 0. The SMILES string of the molecule is C=C.C=C.C=C.S. The Morgan fingerprint density at radius 1 is 0.429 bits per heavy atom. The third kappa shape index (κ3) is 384. The molecule has 44 valence electrons. The van der Waals surface area contributed by atoms with Crippen LogP contribution in [0.3, 0.4) is 0 Å². The summed E-state index contributed by atoms with van der Waals surface area (Å²) in [4.78, 5) is 0. The molecule has 0 heterocycles. The lowest BCUT2D eigenvalue weighted by Crippen LogP contribution is -0.552. The van der Waals surface area contributed by atoms with E-state index in [9.17, 15) is 0 Å². The van der Waals surface area contributed by atoms with Crippen LogP contribution in [0.4, 0.5) is 0 Å². The summed E-state index contributed by atoms with van der Waals surface area (Å²) in [6.45, 7) is 18.0. The molecule has 0 aromatic rings. The molecule has 0 amide bonds. The second-order valence-corrected chi connectivity index (χ2v) is 0. The first-order valence-electron chi connectivity index (χ1n) is 1.50. The van der Waals surface area contributed by atoms with Crippen LogP contribution in [0.1, 0.15) is 0 Å². The summed E-state index contributed by atoms with van der Waals surface area (Å²) in [7, 11) is 0. The van der Waals surface area contributed by atoms with Crippen molar-refractivity contribution in [2.45, 2.75) is 0 Å². The Labute approximate surface area is 53.7 Å². The molecule has 0 saturated heterocycles. The van der Waals surface area contributed by atoms with Crippen molar-refractivity contribution >= 4 is 13.5 Å². The average molecular weight is 118 g/mol. The standard InChI is InChI=1S/3C2H4.H2S/c3*1-2;/h3*1-2H2;1H2. The first kappa shape index (κ1) is 30.9. The molecule has 0 saturated carbocycles. The molecule has 0 rings (SSSR count). The lowest BCUT2D eigenvalue weighted by atomic mass is 11.3. The van der Waals surface area contributed by atoms with Gasteiger partial charge in [0.15, 0.2) is 0 Å². The van der Waals surface area contributed by atoms with E-state index in [1.54, 1.807) is 0 Å². The van der Waals surface area contributed by atoms with E-state index >= 15 is 0 Å². The third-order valence-electron chi connectivity index (χ3n) is 0. The Hall–Kier alpha value is -0.430. The molecule has 0 aliphatic rings. The van der Waals surface area contributed by atoms with Gasteiger partial charge in [-0.05, 0) is 0 Å². The zero-order valence-corrected chi connectivity index (χ0v) is 5.74. The van der Waals surface area contributed by atoms with E-state index in [0.717, 1.165) is 0 Å². The molecule has 0 atom stereocenters. The highest BCUT2D eigenvalue weighted by molar-refractivity contribution is 7.59. The van der Waals surface area contributed by atoms with Crippen LogP contribution in [0, 0.1) is 0 Å². The molecule has 0 aromatic carbocycles. The number of hydrogen-bond donors (Lipinski definition) is 0. The van der Waals surface area contributed by atoms with Gasteiger partial charge in [-0.15, -0.1) is 39.5 Å². The molecule has 0 aliphatic heterocycles. The zero-order chi connectivity index (χ0) is 6.00. The molecule has 1 heteroatoms. The van der Waals surface area contributed by atoms with Crippen molar-refractivity contribution < 1.29 is 0 Å². The Kier molecular flexibility index (Phi) is 2770. The summed E-state index contributed by atoms with van der Waals surface area (Å²) in [5.74, 6) is 0. The average Bonchev–Trinajstić information content (AvgIpc) is 1.81. The summed E-state index contributed by atoms with van der Waals surface area (Å²) in [5.41, 5.74) is 0. The summed E-state index contributed by atoms with van der Waals surface area (Å²) in [6.07, 6.45) is 0. The van der Waals surface area contributed by atoms with Crippen LogP contribution in [0.15, 0.2) is 39.5 Å². The molecule has 0 bridgehead atoms. The topological polar surface area (TPSA) is 0 Å². The minimum Gasteiger partial charge on any atom is -0.197 e. The van der Waals surface area contributed by atoms with E-state index < -0.39 is 0 Å². The smallest absolute Gasteiger partial charge is 0.106 e. The second-order valence-electron chi connectivity index (χ2n) is 0. The normalized spacial score (nSPS) is 1.71. The predicted molar refractivity (Wildman–Crippen MR) is 44.1 cm³/mol.